The molecular weight excluding hydrogens is 220 g/mol. The van der Waals surface area contributed by atoms with Crippen LogP contribution in [0.2, 0.25) is 0 Å². The van der Waals surface area contributed by atoms with Gasteiger partial charge in [0, 0.05) is 19.8 Å². The lowest BCUT2D eigenvalue weighted by atomic mass is 10.6. The van der Waals surface area contributed by atoms with Crippen molar-refractivity contribution in [1.82, 2.24) is 10.2 Å². The van der Waals surface area contributed by atoms with Gasteiger partial charge in [-0.05, 0) is 0 Å². The summed E-state index contributed by atoms with van der Waals surface area (Å²) in [5.41, 5.74) is 5.30. The molecule has 0 atom stereocenters. The van der Waals surface area contributed by atoms with Crippen LogP contribution in [0.3, 0.4) is 0 Å². The zero-order chi connectivity index (χ0) is 11.5. The molecule has 0 aromatic carbocycles. The summed E-state index contributed by atoms with van der Waals surface area (Å²) in [5, 5.41) is 7.39. The molecule has 1 heterocycles. The number of sulfone groups is 1. The molecule has 0 radical (unpaired) electrons. The van der Waals surface area contributed by atoms with Crippen LogP contribution < -0.4 is 10.6 Å². The van der Waals surface area contributed by atoms with Crippen molar-refractivity contribution in [3.05, 3.63) is 5.89 Å². The van der Waals surface area contributed by atoms with E-state index < -0.39 is 9.84 Å². The number of rotatable bonds is 5. The third-order valence-electron chi connectivity index (χ3n) is 1.75. The van der Waals surface area contributed by atoms with E-state index >= 15 is 0 Å². The van der Waals surface area contributed by atoms with Gasteiger partial charge in [-0.2, -0.15) is 0 Å². The summed E-state index contributed by atoms with van der Waals surface area (Å²) in [5.74, 6) is 0.375. The molecule has 0 saturated heterocycles. The average molecular weight is 234 g/mol. The molecule has 0 bridgehead atoms. The third-order valence-corrected chi connectivity index (χ3v) is 2.68. The second-order valence-corrected chi connectivity index (χ2v) is 5.49. The van der Waals surface area contributed by atoms with Crippen molar-refractivity contribution in [3.63, 3.8) is 0 Å². The Morgan fingerprint density at radius 3 is 2.60 bits per heavy atom. The zero-order valence-corrected chi connectivity index (χ0v) is 9.49. The molecule has 0 fully saturated rings. The van der Waals surface area contributed by atoms with E-state index in [-0.39, 0.29) is 18.3 Å². The Bertz CT molecular complexity index is 414. The SMILES string of the molecule is CN(CCS(C)(=O)=O)c1nnc(CN)o1. The average Bonchev–Trinajstić information content (AvgIpc) is 2.61. The summed E-state index contributed by atoms with van der Waals surface area (Å²) in [6, 6.07) is 0.277. The molecular formula is C7H14N4O3S. The minimum atomic E-state index is -2.98. The van der Waals surface area contributed by atoms with Crippen molar-refractivity contribution >= 4 is 15.9 Å². The quantitative estimate of drug-likeness (QED) is 0.697. The number of anilines is 1. The first-order valence-corrected chi connectivity index (χ1v) is 6.40. The molecule has 1 aromatic heterocycles. The fraction of sp³-hybridized carbons (Fsp3) is 0.714. The molecule has 0 aliphatic heterocycles. The zero-order valence-electron chi connectivity index (χ0n) is 8.67. The van der Waals surface area contributed by atoms with E-state index in [9.17, 15) is 8.42 Å². The van der Waals surface area contributed by atoms with Gasteiger partial charge >= 0.3 is 6.01 Å². The van der Waals surface area contributed by atoms with Gasteiger partial charge in [0.25, 0.3) is 0 Å². The van der Waals surface area contributed by atoms with Gasteiger partial charge in [0.05, 0.1) is 12.3 Å². The normalized spacial score (nSPS) is 11.7. The number of nitrogens with zero attached hydrogens (tertiary/aromatic N) is 3. The highest BCUT2D eigenvalue weighted by Crippen LogP contribution is 2.09. The molecule has 2 N–H and O–H groups in total. The summed E-state index contributed by atoms with van der Waals surface area (Å²) >= 11 is 0. The highest BCUT2D eigenvalue weighted by molar-refractivity contribution is 7.90. The highest BCUT2D eigenvalue weighted by Gasteiger charge is 2.11. The van der Waals surface area contributed by atoms with Crippen LogP contribution in [0.1, 0.15) is 5.89 Å². The van der Waals surface area contributed by atoms with E-state index in [1.54, 1.807) is 11.9 Å². The predicted octanol–water partition coefficient (Wildman–Crippen LogP) is -0.991. The van der Waals surface area contributed by atoms with Crippen LogP contribution in [0.15, 0.2) is 4.42 Å². The molecule has 86 valence electrons. The molecule has 1 aromatic rings. The summed E-state index contributed by atoms with van der Waals surface area (Å²) in [6.07, 6.45) is 1.18. The second-order valence-electron chi connectivity index (χ2n) is 3.23. The molecule has 8 heteroatoms. The fourth-order valence-corrected chi connectivity index (χ4v) is 1.49. The molecule has 0 spiro atoms. The molecule has 1 rings (SSSR count). The maximum atomic E-state index is 10.9. The van der Waals surface area contributed by atoms with E-state index in [1.165, 1.54) is 6.26 Å². The van der Waals surface area contributed by atoms with E-state index in [0.717, 1.165) is 0 Å². The van der Waals surface area contributed by atoms with E-state index in [2.05, 4.69) is 10.2 Å². The first kappa shape index (κ1) is 11.9. The predicted molar refractivity (Wildman–Crippen MR) is 55.2 cm³/mol. The van der Waals surface area contributed by atoms with Crippen molar-refractivity contribution in [3.8, 4) is 0 Å². The Kier molecular flexibility index (Phi) is 3.64. The van der Waals surface area contributed by atoms with Gasteiger partial charge in [-0.1, -0.05) is 5.10 Å². The number of hydrogen-bond acceptors (Lipinski definition) is 7. The summed E-state index contributed by atoms with van der Waals surface area (Å²) < 4.78 is 27.0. The molecule has 7 nitrogen and oxygen atoms in total. The number of nitrogens with two attached hydrogens (primary N) is 1. The van der Waals surface area contributed by atoms with Crippen molar-refractivity contribution in [1.29, 1.82) is 0 Å². The van der Waals surface area contributed by atoms with Crippen LogP contribution in [0.25, 0.3) is 0 Å². The summed E-state index contributed by atoms with van der Waals surface area (Å²) in [6.45, 7) is 0.484. The summed E-state index contributed by atoms with van der Waals surface area (Å²) in [7, 11) is -1.30. The first-order chi connectivity index (χ1) is 6.92. The van der Waals surface area contributed by atoms with Gasteiger partial charge in [0.15, 0.2) is 0 Å². The minimum Gasteiger partial charge on any atom is -0.407 e. The molecule has 0 saturated carbocycles. The lowest BCUT2D eigenvalue weighted by molar-refractivity contribution is 0.493. The highest BCUT2D eigenvalue weighted by atomic mass is 32.2. The lowest BCUT2D eigenvalue weighted by Crippen LogP contribution is -2.25. The van der Waals surface area contributed by atoms with Crippen molar-refractivity contribution in [2.45, 2.75) is 6.54 Å². The van der Waals surface area contributed by atoms with E-state index in [4.69, 9.17) is 10.2 Å². The van der Waals surface area contributed by atoms with Gasteiger partial charge in [-0.3, -0.25) is 0 Å². The molecule has 0 aliphatic rings. The van der Waals surface area contributed by atoms with Crippen molar-refractivity contribution < 1.29 is 12.8 Å². The Hall–Kier alpha value is -1.15. The van der Waals surface area contributed by atoms with E-state index in [0.29, 0.717) is 12.4 Å². The van der Waals surface area contributed by atoms with Crippen LogP contribution in [0.5, 0.6) is 0 Å². The van der Waals surface area contributed by atoms with Gasteiger partial charge in [-0.25, -0.2) is 8.42 Å². The molecule has 0 unspecified atom stereocenters. The largest absolute Gasteiger partial charge is 0.407 e. The van der Waals surface area contributed by atoms with E-state index in [1.807, 2.05) is 0 Å². The standard InChI is InChI=1S/C7H14N4O3S/c1-11(3-4-15(2,12)13)7-10-9-6(5-8)14-7/h3-5,8H2,1-2H3. The molecule has 15 heavy (non-hydrogen) atoms. The topological polar surface area (TPSA) is 102 Å². The van der Waals surface area contributed by atoms with Crippen LogP contribution in [0, 0.1) is 0 Å². The van der Waals surface area contributed by atoms with Crippen LogP contribution in [-0.2, 0) is 16.4 Å². The fourth-order valence-electron chi connectivity index (χ4n) is 0.880. The summed E-state index contributed by atoms with van der Waals surface area (Å²) in [4.78, 5) is 1.58. The second kappa shape index (κ2) is 4.58. The Morgan fingerprint density at radius 1 is 1.47 bits per heavy atom. The maximum Gasteiger partial charge on any atom is 0.317 e. The van der Waals surface area contributed by atoms with Gasteiger partial charge in [0.1, 0.15) is 9.84 Å². The Balaban J connectivity index is 2.57. The van der Waals surface area contributed by atoms with Gasteiger partial charge in [-0.15, -0.1) is 5.10 Å². The molecule has 0 aliphatic carbocycles. The van der Waals surface area contributed by atoms with Crippen molar-refractivity contribution in [2.75, 3.05) is 30.5 Å². The monoisotopic (exact) mass is 234 g/mol. The third kappa shape index (κ3) is 3.84. The maximum absolute atomic E-state index is 10.9. The Labute approximate surface area is 88.2 Å². The number of hydrogen-bond donors (Lipinski definition) is 1. The first-order valence-electron chi connectivity index (χ1n) is 4.33. The lowest BCUT2D eigenvalue weighted by Gasteiger charge is -2.12. The van der Waals surface area contributed by atoms with Gasteiger partial charge in [0.2, 0.25) is 5.89 Å². The Morgan fingerprint density at radius 2 is 2.13 bits per heavy atom. The van der Waals surface area contributed by atoms with Crippen LogP contribution >= 0.6 is 0 Å². The van der Waals surface area contributed by atoms with Crippen LogP contribution in [-0.4, -0.2) is 44.2 Å². The molecule has 0 amide bonds. The van der Waals surface area contributed by atoms with Crippen molar-refractivity contribution in [2.24, 2.45) is 5.73 Å². The van der Waals surface area contributed by atoms with Crippen LogP contribution in [0.4, 0.5) is 6.01 Å². The van der Waals surface area contributed by atoms with Gasteiger partial charge < -0.3 is 15.1 Å². The smallest absolute Gasteiger partial charge is 0.317 e. The number of aromatic nitrogens is 2. The minimum absolute atomic E-state index is 0.0455.